The van der Waals surface area contributed by atoms with Gasteiger partial charge < -0.3 is 14.4 Å². The number of aromatic carboxylic acids is 1. The second-order valence-corrected chi connectivity index (χ2v) is 7.88. The number of rotatable bonds is 2. The summed E-state index contributed by atoms with van der Waals surface area (Å²) in [6, 6.07) is 6.84. The predicted octanol–water partition coefficient (Wildman–Crippen LogP) is 5.07. The van der Waals surface area contributed by atoms with Crippen LogP contribution in [0.15, 0.2) is 41.3 Å². The third-order valence-corrected chi connectivity index (χ3v) is 5.56. The Hall–Kier alpha value is -3.48. The SMILES string of the molecule is CCC.O=C(O)c1cn2c(cc1=O)-c1cc(-c3ccc(F)c(F)c3)c3c(c1CC2)CCO3. The maximum Gasteiger partial charge on any atom is 0.341 e. The summed E-state index contributed by atoms with van der Waals surface area (Å²) < 4.78 is 34.8. The molecule has 1 aromatic heterocycles. The van der Waals surface area contributed by atoms with Crippen LogP contribution >= 0.6 is 0 Å². The van der Waals surface area contributed by atoms with E-state index in [1.807, 2.05) is 6.07 Å². The van der Waals surface area contributed by atoms with Crippen molar-refractivity contribution in [2.45, 2.75) is 39.7 Å². The van der Waals surface area contributed by atoms with Gasteiger partial charge in [-0.15, -0.1) is 0 Å². The Morgan fingerprint density at radius 1 is 1.06 bits per heavy atom. The third-order valence-electron chi connectivity index (χ3n) is 5.56. The van der Waals surface area contributed by atoms with Crippen molar-refractivity contribution in [1.29, 1.82) is 0 Å². The van der Waals surface area contributed by atoms with Crippen molar-refractivity contribution in [1.82, 2.24) is 4.57 Å². The molecule has 1 N–H and O–H groups in total. The van der Waals surface area contributed by atoms with Gasteiger partial charge in [0.25, 0.3) is 0 Å². The number of halogens is 2. The van der Waals surface area contributed by atoms with Gasteiger partial charge in [-0.3, -0.25) is 4.79 Å². The molecule has 0 amide bonds. The average Bonchev–Trinajstić information content (AvgIpc) is 3.25. The van der Waals surface area contributed by atoms with Crippen molar-refractivity contribution in [2.75, 3.05) is 6.61 Å². The van der Waals surface area contributed by atoms with E-state index in [1.165, 1.54) is 24.8 Å². The van der Waals surface area contributed by atoms with Crippen LogP contribution in [0.25, 0.3) is 22.4 Å². The molecule has 0 atom stereocenters. The number of aromatic nitrogens is 1. The molecule has 5 nitrogen and oxygen atoms in total. The Morgan fingerprint density at radius 3 is 2.50 bits per heavy atom. The van der Waals surface area contributed by atoms with Gasteiger partial charge in [0.2, 0.25) is 0 Å². The zero-order valence-electron chi connectivity index (χ0n) is 17.9. The average molecular weight is 439 g/mol. The smallest absolute Gasteiger partial charge is 0.341 e. The number of carboxylic acid groups (broad SMARTS) is 1. The molecule has 0 saturated carbocycles. The highest BCUT2D eigenvalue weighted by Gasteiger charge is 2.28. The fraction of sp³-hybridized carbons (Fsp3) is 0.280. The zero-order valence-corrected chi connectivity index (χ0v) is 17.9. The number of benzene rings is 2. The molecule has 166 valence electrons. The van der Waals surface area contributed by atoms with Crippen molar-refractivity contribution in [3.05, 3.63) is 75.1 Å². The van der Waals surface area contributed by atoms with Crippen molar-refractivity contribution in [3.8, 4) is 28.1 Å². The number of hydrogen-bond donors (Lipinski definition) is 1. The van der Waals surface area contributed by atoms with Crippen LogP contribution in [0.2, 0.25) is 0 Å². The first kappa shape index (κ1) is 21.7. The van der Waals surface area contributed by atoms with Gasteiger partial charge in [-0.2, -0.15) is 0 Å². The Bertz CT molecular complexity index is 1280. The molecular formula is C25H23F2NO4. The molecule has 0 spiro atoms. The molecule has 0 saturated heterocycles. The molecule has 2 aliphatic rings. The number of ether oxygens (including phenoxy) is 1. The molecule has 0 fully saturated rings. The lowest BCUT2D eigenvalue weighted by atomic mass is 9.87. The van der Waals surface area contributed by atoms with E-state index >= 15 is 0 Å². The monoisotopic (exact) mass is 439 g/mol. The van der Waals surface area contributed by atoms with Gasteiger partial charge in [0.05, 0.1) is 12.3 Å². The first-order valence-corrected chi connectivity index (χ1v) is 10.6. The first-order valence-electron chi connectivity index (χ1n) is 10.6. The van der Waals surface area contributed by atoms with E-state index in [2.05, 4.69) is 13.8 Å². The van der Waals surface area contributed by atoms with E-state index in [9.17, 15) is 23.5 Å². The number of pyridine rings is 1. The van der Waals surface area contributed by atoms with Crippen molar-refractivity contribution in [3.63, 3.8) is 0 Å². The van der Waals surface area contributed by atoms with Gasteiger partial charge in [-0.05, 0) is 35.7 Å². The largest absolute Gasteiger partial charge is 0.492 e. The lowest BCUT2D eigenvalue weighted by Crippen LogP contribution is -2.22. The Balaban J connectivity index is 0.000000775. The first-order chi connectivity index (χ1) is 15.3. The van der Waals surface area contributed by atoms with Crippen LogP contribution in [0.3, 0.4) is 0 Å². The molecule has 3 heterocycles. The van der Waals surface area contributed by atoms with Gasteiger partial charge in [0, 0.05) is 41.9 Å². The van der Waals surface area contributed by atoms with Crippen LogP contribution < -0.4 is 10.2 Å². The number of fused-ring (bicyclic) bond motifs is 5. The van der Waals surface area contributed by atoms with Crippen LogP contribution in [0.5, 0.6) is 5.75 Å². The summed E-state index contributed by atoms with van der Waals surface area (Å²) in [6.45, 7) is 5.28. The van der Waals surface area contributed by atoms with Crippen LogP contribution in [0.4, 0.5) is 8.78 Å². The maximum atomic E-state index is 13.9. The topological polar surface area (TPSA) is 68.5 Å². The Morgan fingerprint density at radius 2 is 1.81 bits per heavy atom. The van der Waals surface area contributed by atoms with Crippen LogP contribution in [0, 0.1) is 11.6 Å². The lowest BCUT2D eigenvalue weighted by molar-refractivity contribution is 0.0694. The maximum absolute atomic E-state index is 13.9. The number of carboxylic acids is 1. The highest BCUT2D eigenvalue weighted by Crippen LogP contribution is 2.45. The predicted molar refractivity (Wildman–Crippen MR) is 117 cm³/mol. The van der Waals surface area contributed by atoms with Crippen LogP contribution in [-0.4, -0.2) is 22.2 Å². The van der Waals surface area contributed by atoms with Crippen LogP contribution in [-0.2, 0) is 19.4 Å². The second-order valence-electron chi connectivity index (χ2n) is 7.88. The molecule has 0 unspecified atom stereocenters. The van der Waals surface area contributed by atoms with Gasteiger partial charge in [0.1, 0.15) is 11.3 Å². The molecule has 3 aromatic rings. The van der Waals surface area contributed by atoms with E-state index in [0.29, 0.717) is 48.6 Å². The van der Waals surface area contributed by atoms with E-state index in [0.717, 1.165) is 28.8 Å². The third kappa shape index (κ3) is 3.68. The summed E-state index contributed by atoms with van der Waals surface area (Å²) in [5.41, 5.74) is 3.71. The summed E-state index contributed by atoms with van der Waals surface area (Å²) in [6.07, 6.45) is 3.96. The molecule has 2 aromatic carbocycles. The summed E-state index contributed by atoms with van der Waals surface area (Å²) in [5.74, 6) is -2.48. The number of carbonyl (C=O) groups is 1. The van der Waals surface area contributed by atoms with Crippen molar-refractivity contribution >= 4 is 5.97 Å². The van der Waals surface area contributed by atoms with Crippen LogP contribution in [0.1, 0.15) is 41.8 Å². The molecule has 0 aliphatic carbocycles. The minimum absolute atomic E-state index is 0.275. The lowest BCUT2D eigenvalue weighted by Gasteiger charge is -2.25. The highest BCUT2D eigenvalue weighted by molar-refractivity contribution is 5.88. The molecular weight excluding hydrogens is 416 g/mol. The van der Waals surface area contributed by atoms with Gasteiger partial charge in [-0.25, -0.2) is 13.6 Å². The van der Waals surface area contributed by atoms with Gasteiger partial charge in [0.15, 0.2) is 17.1 Å². The number of hydrogen-bond acceptors (Lipinski definition) is 3. The minimum atomic E-state index is -1.26. The highest BCUT2D eigenvalue weighted by atomic mass is 19.2. The minimum Gasteiger partial charge on any atom is -0.492 e. The fourth-order valence-corrected chi connectivity index (χ4v) is 4.22. The molecule has 0 radical (unpaired) electrons. The quantitative estimate of drug-likeness (QED) is 0.606. The van der Waals surface area contributed by atoms with Gasteiger partial charge in [-0.1, -0.05) is 26.3 Å². The number of aryl methyl sites for hydroxylation is 1. The van der Waals surface area contributed by atoms with E-state index in [-0.39, 0.29) is 5.56 Å². The molecule has 5 rings (SSSR count). The van der Waals surface area contributed by atoms with E-state index in [1.54, 1.807) is 4.57 Å². The van der Waals surface area contributed by atoms with Crippen molar-refractivity contribution < 1.29 is 23.4 Å². The summed E-state index contributed by atoms with van der Waals surface area (Å²) in [4.78, 5) is 23.6. The summed E-state index contributed by atoms with van der Waals surface area (Å²) in [5, 5.41) is 9.23. The Labute approximate surface area is 183 Å². The van der Waals surface area contributed by atoms with Gasteiger partial charge >= 0.3 is 5.97 Å². The molecule has 32 heavy (non-hydrogen) atoms. The number of nitrogens with zero attached hydrogens (tertiary/aromatic N) is 1. The second kappa shape index (κ2) is 8.57. The van der Waals surface area contributed by atoms with E-state index < -0.39 is 23.0 Å². The normalized spacial score (nSPS) is 13.2. The standard InChI is InChI=1S/C22H15F2NO4.C3H8/c23-17-2-1-11(7-18(17)24)14-8-15-12(13-4-6-29-21(13)14)3-5-25-10-16(22(27)28)20(26)9-19(15)25;1-3-2/h1-2,7-10H,3-6H2,(H,27,28);3H2,1-2H3. The van der Waals surface area contributed by atoms with E-state index in [4.69, 9.17) is 4.74 Å². The summed E-state index contributed by atoms with van der Waals surface area (Å²) in [7, 11) is 0. The van der Waals surface area contributed by atoms with Crippen molar-refractivity contribution in [2.24, 2.45) is 0 Å². The zero-order chi connectivity index (χ0) is 23.0. The molecule has 0 bridgehead atoms. The molecule has 2 aliphatic heterocycles. The summed E-state index contributed by atoms with van der Waals surface area (Å²) >= 11 is 0. The molecule has 7 heteroatoms. The Kier molecular flexibility index (Phi) is 5.82. The fourth-order valence-electron chi connectivity index (χ4n) is 4.22.